The van der Waals surface area contributed by atoms with Crippen molar-refractivity contribution in [1.82, 2.24) is 0 Å². The third-order valence-corrected chi connectivity index (χ3v) is 2.83. The van der Waals surface area contributed by atoms with Gasteiger partial charge in [-0.25, -0.2) is 9.59 Å². The quantitative estimate of drug-likeness (QED) is 0.589. The van der Waals surface area contributed by atoms with Crippen LogP contribution in [0.4, 0.5) is 0 Å². The van der Waals surface area contributed by atoms with E-state index in [1.807, 2.05) is 13.8 Å². The molecule has 1 aromatic rings. The summed E-state index contributed by atoms with van der Waals surface area (Å²) in [6.07, 6.45) is 3.53. The molecule has 0 fully saturated rings. The van der Waals surface area contributed by atoms with E-state index < -0.39 is 11.9 Å². The van der Waals surface area contributed by atoms with E-state index in [1.165, 1.54) is 0 Å². The summed E-state index contributed by atoms with van der Waals surface area (Å²) in [5.41, 5.74) is 0.537. The van der Waals surface area contributed by atoms with Crippen LogP contribution in [-0.4, -0.2) is 37.4 Å². The Kier molecular flexibility index (Phi) is 11.7. The number of hydrogen-bond donors (Lipinski definition) is 1. The summed E-state index contributed by atoms with van der Waals surface area (Å²) >= 11 is 0. The first-order chi connectivity index (χ1) is 10.7. The van der Waals surface area contributed by atoms with Gasteiger partial charge in [0.05, 0.1) is 24.3 Å². The fraction of sp³-hybridized carbons (Fsp3) is 0.529. The summed E-state index contributed by atoms with van der Waals surface area (Å²) in [6.45, 7) is 4.78. The van der Waals surface area contributed by atoms with Gasteiger partial charge < -0.3 is 14.6 Å². The fourth-order valence-corrected chi connectivity index (χ4v) is 1.61. The van der Waals surface area contributed by atoms with E-state index in [9.17, 15) is 9.59 Å². The molecule has 0 heterocycles. The van der Waals surface area contributed by atoms with E-state index in [1.54, 1.807) is 24.3 Å². The van der Waals surface area contributed by atoms with Gasteiger partial charge in [0.1, 0.15) is 0 Å². The van der Waals surface area contributed by atoms with Gasteiger partial charge in [-0.15, -0.1) is 0 Å². The molecule has 0 spiro atoms. The lowest BCUT2D eigenvalue weighted by molar-refractivity contribution is 0.0452. The van der Waals surface area contributed by atoms with Crippen molar-refractivity contribution < 1.29 is 24.2 Å². The zero-order chi connectivity index (χ0) is 16.8. The van der Waals surface area contributed by atoms with Gasteiger partial charge >= 0.3 is 11.9 Å². The molecule has 0 radical (unpaired) electrons. The minimum absolute atomic E-state index is 0.269. The van der Waals surface area contributed by atoms with Gasteiger partial charge in [-0.3, -0.25) is 0 Å². The van der Waals surface area contributed by atoms with Crippen molar-refractivity contribution in [2.24, 2.45) is 0 Å². The number of aliphatic hydroxyl groups is 1. The summed E-state index contributed by atoms with van der Waals surface area (Å²) in [4.78, 5) is 23.9. The van der Waals surface area contributed by atoms with Crippen LogP contribution in [0, 0.1) is 0 Å². The highest BCUT2D eigenvalue weighted by Crippen LogP contribution is 2.12. The van der Waals surface area contributed by atoms with Crippen LogP contribution in [0.2, 0.25) is 0 Å². The highest BCUT2D eigenvalue weighted by Gasteiger charge is 2.18. The number of aliphatic hydroxyl groups excluding tert-OH is 1. The Morgan fingerprint density at radius 3 is 1.55 bits per heavy atom. The van der Waals surface area contributed by atoms with E-state index in [4.69, 9.17) is 14.6 Å². The Hall–Kier alpha value is -1.88. The Balaban J connectivity index is 0.00000211. The van der Waals surface area contributed by atoms with E-state index in [0.717, 1.165) is 32.8 Å². The maximum atomic E-state index is 11.9. The number of hydrogen-bond acceptors (Lipinski definition) is 5. The second-order valence-electron chi connectivity index (χ2n) is 4.52. The highest BCUT2D eigenvalue weighted by atomic mass is 16.5. The number of carbonyl (C=O) groups excluding carboxylic acids is 2. The molecule has 0 aliphatic heterocycles. The zero-order valence-electron chi connectivity index (χ0n) is 13.6. The monoisotopic (exact) mass is 310 g/mol. The van der Waals surface area contributed by atoms with Gasteiger partial charge in [0.25, 0.3) is 0 Å². The standard InChI is InChI=1S/C16H22O4.CH4O/c1-3-5-11-19-15(17)13-9-7-8-10-14(13)16(18)20-12-6-4-2;1-2/h7-10H,3-6,11-12H2,1-2H3;2H,1H3. The molecule has 124 valence electrons. The first-order valence-corrected chi connectivity index (χ1v) is 7.58. The second kappa shape index (κ2) is 12.8. The van der Waals surface area contributed by atoms with Gasteiger partial charge in [-0.1, -0.05) is 38.8 Å². The van der Waals surface area contributed by atoms with Gasteiger partial charge in [0, 0.05) is 7.11 Å². The molecule has 5 nitrogen and oxygen atoms in total. The summed E-state index contributed by atoms with van der Waals surface area (Å²) in [7, 11) is 1.00. The number of ether oxygens (including phenoxy) is 2. The number of unbranched alkanes of at least 4 members (excludes halogenated alkanes) is 2. The molecule has 0 atom stereocenters. The minimum Gasteiger partial charge on any atom is -0.462 e. The van der Waals surface area contributed by atoms with Crippen molar-refractivity contribution in [3.63, 3.8) is 0 Å². The van der Waals surface area contributed by atoms with Crippen LogP contribution < -0.4 is 0 Å². The fourth-order valence-electron chi connectivity index (χ4n) is 1.61. The molecule has 1 rings (SSSR count). The van der Waals surface area contributed by atoms with Crippen LogP contribution in [-0.2, 0) is 9.47 Å². The Morgan fingerprint density at radius 1 is 0.864 bits per heavy atom. The molecule has 0 saturated carbocycles. The lowest BCUT2D eigenvalue weighted by Gasteiger charge is -2.09. The molecule has 0 aliphatic rings. The van der Waals surface area contributed by atoms with Gasteiger partial charge in [0.2, 0.25) is 0 Å². The number of benzene rings is 1. The molecule has 0 unspecified atom stereocenters. The summed E-state index contributed by atoms with van der Waals surface area (Å²) < 4.78 is 10.3. The summed E-state index contributed by atoms with van der Waals surface area (Å²) in [5, 5.41) is 7.00. The van der Waals surface area contributed by atoms with E-state index in [-0.39, 0.29) is 11.1 Å². The van der Waals surface area contributed by atoms with E-state index >= 15 is 0 Å². The first-order valence-electron chi connectivity index (χ1n) is 7.58. The third kappa shape index (κ3) is 7.22. The molecule has 0 saturated heterocycles. The van der Waals surface area contributed by atoms with Crippen LogP contribution in [0.15, 0.2) is 24.3 Å². The molecule has 22 heavy (non-hydrogen) atoms. The van der Waals surface area contributed by atoms with Crippen LogP contribution in [0.1, 0.15) is 60.2 Å². The average Bonchev–Trinajstić information content (AvgIpc) is 2.57. The van der Waals surface area contributed by atoms with Crippen molar-refractivity contribution in [2.75, 3.05) is 20.3 Å². The largest absolute Gasteiger partial charge is 0.462 e. The molecular weight excluding hydrogens is 284 g/mol. The number of rotatable bonds is 8. The lowest BCUT2D eigenvalue weighted by Crippen LogP contribution is -2.14. The molecule has 0 amide bonds. The van der Waals surface area contributed by atoms with Crippen molar-refractivity contribution in [3.05, 3.63) is 35.4 Å². The predicted octanol–water partition coefficient (Wildman–Crippen LogP) is 3.21. The Bertz CT molecular complexity index is 401. The maximum Gasteiger partial charge on any atom is 0.339 e. The molecule has 1 N–H and O–H groups in total. The molecule has 5 heteroatoms. The first kappa shape index (κ1) is 20.1. The van der Waals surface area contributed by atoms with E-state index in [0.29, 0.717) is 13.2 Å². The minimum atomic E-state index is -0.471. The van der Waals surface area contributed by atoms with Crippen LogP contribution in [0.5, 0.6) is 0 Å². The van der Waals surface area contributed by atoms with Crippen molar-refractivity contribution in [3.8, 4) is 0 Å². The topological polar surface area (TPSA) is 72.8 Å². The van der Waals surface area contributed by atoms with Crippen LogP contribution in [0.25, 0.3) is 0 Å². The SMILES string of the molecule is CCCCOC(=O)c1ccccc1C(=O)OCCCC.CO. The van der Waals surface area contributed by atoms with Gasteiger partial charge in [-0.05, 0) is 25.0 Å². The third-order valence-electron chi connectivity index (χ3n) is 2.83. The number of esters is 2. The Morgan fingerprint density at radius 2 is 1.23 bits per heavy atom. The van der Waals surface area contributed by atoms with Crippen molar-refractivity contribution in [2.45, 2.75) is 39.5 Å². The smallest absolute Gasteiger partial charge is 0.339 e. The lowest BCUT2D eigenvalue weighted by atomic mass is 10.1. The molecule has 0 aromatic heterocycles. The molecular formula is C17H26O5. The average molecular weight is 310 g/mol. The number of carbonyl (C=O) groups is 2. The normalized spacial score (nSPS) is 9.45. The van der Waals surface area contributed by atoms with Gasteiger partial charge in [-0.2, -0.15) is 0 Å². The summed E-state index contributed by atoms with van der Waals surface area (Å²) in [6, 6.07) is 6.59. The van der Waals surface area contributed by atoms with Crippen LogP contribution >= 0.6 is 0 Å². The summed E-state index contributed by atoms with van der Waals surface area (Å²) in [5.74, 6) is -0.942. The van der Waals surface area contributed by atoms with E-state index in [2.05, 4.69) is 0 Å². The molecule has 0 bridgehead atoms. The maximum absolute atomic E-state index is 11.9. The predicted molar refractivity (Wildman–Crippen MR) is 85.0 cm³/mol. The molecule has 1 aromatic carbocycles. The zero-order valence-corrected chi connectivity index (χ0v) is 13.6. The Labute approximate surface area is 132 Å². The van der Waals surface area contributed by atoms with Crippen molar-refractivity contribution in [1.29, 1.82) is 0 Å². The van der Waals surface area contributed by atoms with Crippen LogP contribution in [0.3, 0.4) is 0 Å². The highest BCUT2D eigenvalue weighted by molar-refractivity contribution is 6.03. The van der Waals surface area contributed by atoms with Gasteiger partial charge in [0.15, 0.2) is 0 Å². The van der Waals surface area contributed by atoms with Crippen molar-refractivity contribution >= 4 is 11.9 Å². The molecule has 0 aliphatic carbocycles. The second-order valence-corrected chi connectivity index (χ2v) is 4.52.